The average molecular weight is 418 g/mol. The Hall–Kier alpha value is -2.51. The molecule has 136 valence electrons. The Labute approximate surface area is 160 Å². The van der Waals surface area contributed by atoms with Crippen LogP contribution in [0.2, 0.25) is 0 Å². The van der Waals surface area contributed by atoms with Crippen molar-refractivity contribution in [2.45, 2.75) is 26.5 Å². The minimum atomic E-state index is -1.03. The normalized spacial score (nSPS) is 10.3. The molecule has 0 bridgehead atoms. The molecule has 2 aromatic heterocycles. The zero-order chi connectivity index (χ0) is 19.1. The molecule has 6 nitrogen and oxygen atoms in total. The SMILES string of the molecule is CC(C)Oc1ccccc1CN.O=C(O)c1ccc2cncc(Br)c2n1. The summed E-state index contributed by atoms with van der Waals surface area (Å²) >= 11 is 3.26. The largest absolute Gasteiger partial charge is 0.491 e. The Bertz CT molecular complexity index is 900. The van der Waals surface area contributed by atoms with Gasteiger partial charge in [0.05, 0.1) is 16.1 Å². The van der Waals surface area contributed by atoms with Gasteiger partial charge >= 0.3 is 5.97 Å². The van der Waals surface area contributed by atoms with Crippen LogP contribution in [-0.2, 0) is 6.54 Å². The van der Waals surface area contributed by atoms with Crippen LogP contribution in [-0.4, -0.2) is 27.1 Å². The zero-order valence-electron chi connectivity index (χ0n) is 14.5. The second kappa shape index (κ2) is 9.26. The molecule has 3 N–H and O–H groups in total. The summed E-state index contributed by atoms with van der Waals surface area (Å²) in [5.41, 5.74) is 7.25. The van der Waals surface area contributed by atoms with Crippen molar-refractivity contribution in [2.75, 3.05) is 0 Å². The third-order valence-corrected chi connectivity index (χ3v) is 3.91. The lowest BCUT2D eigenvalue weighted by Crippen LogP contribution is -2.08. The second-order valence-corrected chi connectivity index (χ2v) is 6.53. The summed E-state index contributed by atoms with van der Waals surface area (Å²) in [7, 11) is 0. The fourth-order valence-electron chi connectivity index (χ4n) is 2.17. The van der Waals surface area contributed by atoms with Crippen molar-refractivity contribution in [3.8, 4) is 5.75 Å². The topological polar surface area (TPSA) is 98.3 Å². The van der Waals surface area contributed by atoms with E-state index in [9.17, 15) is 4.79 Å². The van der Waals surface area contributed by atoms with Gasteiger partial charge in [-0.25, -0.2) is 9.78 Å². The minimum Gasteiger partial charge on any atom is -0.491 e. The minimum absolute atomic E-state index is 0.0319. The van der Waals surface area contributed by atoms with Gasteiger partial charge in [-0.2, -0.15) is 0 Å². The number of aromatic nitrogens is 2. The summed E-state index contributed by atoms with van der Waals surface area (Å²) in [6.07, 6.45) is 3.43. The number of ether oxygens (including phenoxy) is 1. The highest BCUT2D eigenvalue weighted by Crippen LogP contribution is 2.20. The molecule has 1 aromatic carbocycles. The molecular formula is C19H20BrN3O3. The number of carbonyl (C=O) groups is 1. The first-order chi connectivity index (χ1) is 12.4. The Morgan fingerprint density at radius 3 is 2.62 bits per heavy atom. The van der Waals surface area contributed by atoms with E-state index >= 15 is 0 Å². The molecule has 7 heteroatoms. The van der Waals surface area contributed by atoms with Gasteiger partial charge in [0.2, 0.25) is 0 Å². The summed E-state index contributed by atoms with van der Waals surface area (Å²) in [5.74, 6) is -0.134. The Balaban J connectivity index is 0.000000190. The quantitative estimate of drug-likeness (QED) is 0.664. The standard InChI is InChI=1S/C10H15NO.C9H5BrN2O2/c1-8(2)12-10-6-4-3-5-9(10)7-11;10-6-4-11-3-5-1-2-7(9(13)14)12-8(5)6/h3-6,8H,7,11H2,1-2H3;1-4H,(H,13,14). The van der Waals surface area contributed by atoms with Crippen molar-refractivity contribution in [3.05, 3.63) is 64.5 Å². The summed E-state index contributed by atoms with van der Waals surface area (Å²) in [4.78, 5) is 18.6. The maximum Gasteiger partial charge on any atom is 0.354 e. The Kier molecular flexibility index (Phi) is 7.06. The number of hydrogen-bond acceptors (Lipinski definition) is 5. The van der Waals surface area contributed by atoms with E-state index in [0.29, 0.717) is 16.5 Å². The molecule has 2 heterocycles. The van der Waals surface area contributed by atoms with E-state index in [-0.39, 0.29) is 11.8 Å². The molecule has 26 heavy (non-hydrogen) atoms. The van der Waals surface area contributed by atoms with Crippen molar-refractivity contribution in [3.63, 3.8) is 0 Å². The third-order valence-electron chi connectivity index (χ3n) is 3.33. The van der Waals surface area contributed by atoms with Crippen molar-refractivity contribution < 1.29 is 14.6 Å². The highest BCUT2D eigenvalue weighted by atomic mass is 79.9. The molecule has 0 spiro atoms. The van der Waals surface area contributed by atoms with E-state index in [1.807, 2.05) is 38.1 Å². The number of hydrogen-bond donors (Lipinski definition) is 2. The van der Waals surface area contributed by atoms with Gasteiger partial charge in [-0.1, -0.05) is 18.2 Å². The van der Waals surface area contributed by atoms with Crippen LogP contribution in [0.1, 0.15) is 29.9 Å². The van der Waals surface area contributed by atoms with Gasteiger partial charge in [0.25, 0.3) is 0 Å². The van der Waals surface area contributed by atoms with Crippen molar-refractivity contribution in [2.24, 2.45) is 5.73 Å². The molecule has 0 unspecified atom stereocenters. The summed E-state index contributed by atoms with van der Waals surface area (Å²) in [6, 6.07) is 11.0. The Morgan fingerprint density at radius 2 is 1.96 bits per heavy atom. The molecule has 0 radical (unpaired) electrons. The lowest BCUT2D eigenvalue weighted by Gasteiger charge is -2.12. The fourth-order valence-corrected chi connectivity index (χ4v) is 2.61. The van der Waals surface area contributed by atoms with Crippen molar-refractivity contribution in [1.82, 2.24) is 9.97 Å². The first kappa shape index (κ1) is 19.8. The van der Waals surface area contributed by atoms with Crippen LogP contribution in [0.25, 0.3) is 10.9 Å². The number of carboxylic acid groups (broad SMARTS) is 1. The predicted octanol–water partition coefficient (Wildman–Crippen LogP) is 4.02. The number of carboxylic acids is 1. The molecular weight excluding hydrogens is 398 g/mol. The van der Waals surface area contributed by atoms with Crippen LogP contribution < -0.4 is 10.5 Å². The number of para-hydroxylation sites is 1. The van der Waals surface area contributed by atoms with E-state index in [4.69, 9.17) is 15.6 Å². The van der Waals surface area contributed by atoms with Crippen molar-refractivity contribution >= 4 is 32.8 Å². The number of fused-ring (bicyclic) bond motifs is 1. The van der Waals surface area contributed by atoms with E-state index in [0.717, 1.165) is 16.7 Å². The summed E-state index contributed by atoms with van der Waals surface area (Å²) in [5, 5.41) is 9.55. The maximum absolute atomic E-state index is 10.7. The first-order valence-electron chi connectivity index (χ1n) is 8.00. The number of nitrogens with two attached hydrogens (primary N) is 1. The molecule has 0 aliphatic carbocycles. The van der Waals surface area contributed by atoms with Gasteiger partial charge in [-0.3, -0.25) is 4.98 Å². The molecule has 0 aliphatic heterocycles. The molecule has 0 amide bonds. The second-order valence-electron chi connectivity index (χ2n) is 5.67. The van der Waals surface area contributed by atoms with Crippen LogP contribution in [0.3, 0.4) is 0 Å². The third kappa shape index (κ3) is 5.24. The molecule has 0 aliphatic rings. The number of halogens is 1. The first-order valence-corrected chi connectivity index (χ1v) is 8.80. The molecule has 3 rings (SSSR count). The van der Waals surface area contributed by atoms with Gasteiger partial charge in [-0.05, 0) is 48.0 Å². The highest BCUT2D eigenvalue weighted by Gasteiger charge is 2.07. The highest BCUT2D eigenvalue weighted by molar-refractivity contribution is 9.10. The summed E-state index contributed by atoms with van der Waals surface area (Å²) < 4.78 is 6.25. The van der Waals surface area contributed by atoms with Crippen LogP contribution in [0.15, 0.2) is 53.3 Å². The lowest BCUT2D eigenvalue weighted by molar-refractivity contribution is 0.0691. The number of pyridine rings is 2. The number of aromatic carboxylic acids is 1. The fraction of sp³-hybridized carbons (Fsp3) is 0.211. The van der Waals surface area contributed by atoms with Crippen molar-refractivity contribution in [1.29, 1.82) is 0 Å². The van der Waals surface area contributed by atoms with Gasteiger partial charge < -0.3 is 15.6 Å². The lowest BCUT2D eigenvalue weighted by atomic mass is 10.2. The van der Waals surface area contributed by atoms with E-state index in [1.54, 1.807) is 18.5 Å². The Morgan fingerprint density at radius 1 is 1.23 bits per heavy atom. The van der Waals surface area contributed by atoms with E-state index in [2.05, 4.69) is 25.9 Å². The van der Waals surface area contributed by atoms with Gasteiger partial charge in [0.1, 0.15) is 11.4 Å². The maximum atomic E-state index is 10.7. The van der Waals surface area contributed by atoms with E-state index < -0.39 is 5.97 Å². The zero-order valence-corrected chi connectivity index (χ0v) is 16.1. The molecule has 0 saturated carbocycles. The van der Waals surface area contributed by atoms with Gasteiger partial charge in [0, 0.05) is 29.9 Å². The predicted molar refractivity (Wildman–Crippen MR) is 104 cm³/mol. The van der Waals surface area contributed by atoms with Crippen LogP contribution in [0, 0.1) is 0 Å². The number of rotatable bonds is 4. The average Bonchev–Trinajstić information content (AvgIpc) is 2.62. The number of nitrogens with zero attached hydrogens (tertiary/aromatic N) is 2. The molecule has 0 fully saturated rings. The van der Waals surface area contributed by atoms with Crippen LogP contribution in [0.5, 0.6) is 5.75 Å². The van der Waals surface area contributed by atoms with Crippen LogP contribution >= 0.6 is 15.9 Å². The molecule has 0 atom stereocenters. The van der Waals surface area contributed by atoms with Gasteiger partial charge in [0.15, 0.2) is 0 Å². The number of benzene rings is 1. The van der Waals surface area contributed by atoms with E-state index in [1.165, 1.54) is 6.07 Å². The van der Waals surface area contributed by atoms with Crippen LogP contribution in [0.4, 0.5) is 0 Å². The molecule has 3 aromatic rings. The van der Waals surface area contributed by atoms with Gasteiger partial charge in [-0.15, -0.1) is 0 Å². The smallest absolute Gasteiger partial charge is 0.354 e. The molecule has 0 saturated heterocycles. The summed E-state index contributed by atoms with van der Waals surface area (Å²) in [6.45, 7) is 4.55. The monoisotopic (exact) mass is 417 g/mol.